The summed E-state index contributed by atoms with van der Waals surface area (Å²) in [6.07, 6.45) is -8.31. The highest BCUT2D eigenvalue weighted by atomic mass is 19.4. The van der Waals surface area contributed by atoms with Crippen LogP contribution in [0.3, 0.4) is 0 Å². The van der Waals surface area contributed by atoms with Crippen LogP contribution < -0.4 is 0 Å². The minimum atomic E-state index is -4.98. The van der Waals surface area contributed by atoms with Gasteiger partial charge in [-0.3, -0.25) is 0 Å². The highest BCUT2D eigenvalue weighted by molar-refractivity contribution is 5.89. The second kappa shape index (κ2) is 5.17. The van der Waals surface area contributed by atoms with Crippen molar-refractivity contribution >= 4 is 5.97 Å². The molecule has 0 unspecified atom stereocenters. The second-order valence-corrected chi connectivity index (χ2v) is 3.22. The first-order chi connectivity index (χ1) is 8.72. The number of methoxy groups -OCH3 is 1. The Morgan fingerprint density at radius 1 is 1.47 bits per heavy atom. The van der Waals surface area contributed by atoms with Gasteiger partial charge in [0.25, 0.3) is 6.43 Å². The van der Waals surface area contributed by atoms with Crippen molar-refractivity contribution in [1.29, 1.82) is 5.26 Å². The van der Waals surface area contributed by atoms with Crippen molar-refractivity contribution in [3.8, 4) is 6.07 Å². The highest BCUT2D eigenvalue weighted by Gasteiger charge is 2.36. The maximum Gasteiger partial charge on any atom is 0.433 e. The summed E-state index contributed by atoms with van der Waals surface area (Å²) in [5.41, 5.74) is -4.99. The lowest BCUT2D eigenvalue weighted by molar-refractivity contribution is -0.141. The van der Waals surface area contributed by atoms with Crippen LogP contribution in [0.1, 0.15) is 33.7 Å². The predicted octanol–water partition coefficient (Wildman–Crippen LogP) is 2.70. The Morgan fingerprint density at radius 3 is 2.42 bits per heavy atom. The molecule has 102 valence electrons. The zero-order valence-electron chi connectivity index (χ0n) is 9.26. The fourth-order valence-electron chi connectivity index (χ4n) is 1.27. The van der Waals surface area contributed by atoms with Gasteiger partial charge in [-0.2, -0.15) is 18.4 Å². The number of esters is 1. The fourth-order valence-corrected chi connectivity index (χ4v) is 1.27. The third kappa shape index (κ3) is 2.96. The highest BCUT2D eigenvalue weighted by Crippen LogP contribution is 2.33. The molecule has 0 spiro atoms. The van der Waals surface area contributed by atoms with Crippen molar-refractivity contribution in [2.45, 2.75) is 12.6 Å². The molecule has 0 aliphatic carbocycles. The normalized spacial score (nSPS) is 11.3. The zero-order chi connectivity index (χ0) is 14.8. The number of rotatable bonds is 2. The summed E-state index contributed by atoms with van der Waals surface area (Å²) in [5.74, 6) is -1.47. The van der Waals surface area contributed by atoms with Crippen LogP contribution in [-0.4, -0.2) is 18.1 Å². The number of pyridine rings is 1. The standard InChI is InChI=1S/C10H5F5N2O2/c1-19-9(18)7-6(8(11)12)4(3-16)2-5(17-7)10(13,14)15/h2,8H,1H3. The molecule has 0 atom stereocenters. The lowest BCUT2D eigenvalue weighted by Crippen LogP contribution is -2.17. The van der Waals surface area contributed by atoms with Crippen molar-refractivity contribution in [2.24, 2.45) is 0 Å². The topological polar surface area (TPSA) is 63.0 Å². The summed E-state index contributed by atoms with van der Waals surface area (Å²) in [6, 6.07) is 1.34. The van der Waals surface area contributed by atoms with Crippen molar-refractivity contribution < 1.29 is 31.5 Å². The Labute approximate surface area is 103 Å². The van der Waals surface area contributed by atoms with Crippen LogP contribution in [0.4, 0.5) is 22.0 Å². The molecule has 0 saturated heterocycles. The van der Waals surface area contributed by atoms with Crippen LogP contribution in [0.25, 0.3) is 0 Å². The molecule has 0 fully saturated rings. The van der Waals surface area contributed by atoms with Gasteiger partial charge in [-0.25, -0.2) is 18.6 Å². The Bertz CT molecular complexity index is 548. The molecule has 0 amide bonds. The van der Waals surface area contributed by atoms with Gasteiger partial charge in [-0.15, -0.1) is 0 Å². The first-order valence-corrected chi connectivity index (χ1v) is 4.61. The lowest BCUT2D eigenvalue weighted by Gasteiger charge is -2.12. The van der Waals surface area contributed by atoms with Gasteiger partial charge in [-0.1, -0.05) is 0 Å². The average molecular weight is 280 g/mol. The molecule has 0 N–H and O–H groups in total. The summed E-state index contributed by atoms with van der Waals surface area (Å²) >= 11 is 0. The molecule has 1 heterocycles. The van der Waals surface area contributed by atoms with E-state index in [2.05, 4.69) is 9.72 Å². The molecule has 1 rings (SSSR count). The van der Waals surface area contributed by atoms with E-state index in [4.69, 9.17) is 5.26 Å². The molecule has 0 bridgehead atoms. The Hall–Kier alpha value is -2.24. The average Bonchev–Trinajstić information content (AvgIpc) is 2.34. The number of carbonyl (C=O) groups excluding carboxylic acids is 1. The van der Waals surface area contributed by atoms with E-state index in [1.165, 1.54) is 6.07 Å². The number of halogens is 5. The molecule has 1 aromatic heterocycles. The minimum absolute atomic E-state index is 0.161. The van der Waals surface area contributed by atoms with Gasteiger partial charge in [0.2, 0.25) is 0 Å². The number of alkyl halides is 5. The smallest absolute Gasteiger partial charge is 0.433 e. The molecule has 0 aliphatic rings. The summed E-state index contributed by atoms with van der Waals surface area (Å²) in [6.45, 7) is 0. The van der Waals surface area contributed by atoms with Gasteiger partial charge in [0.05, 0.1) is 24.3 Å². The van der Waals surface area contributed by atoms with E-state index in [1.54, 1.807) is 0 Å². The maximum absolute atomic E-state index is 12.7. The molecule has 0 radical (unpaired) electrons. The van der Waals surface area contributed by atoms with E-state index < -0.39 is 41.1 Å². The molecular formula is C10H5F5N2O2. The van der Waals surface area contributed by atoms with Crippen molar-refractivity contribution in [1.82, 2.24) is 4.98 Å². The molecule has 0 aliphatic heterocycles. The van der Waals surface area contributed by atoms with Gasteiger partial charge < -0.3 is 4.74 Å². The van der Waals surface area contributed by atoms with Crippen LogP contribution in [0.2, 0.25) is 0 Å². The van der Waals surface area contributed by atoms with Gasteiger partial charge >= 0.3 is 12.1 Å². The molecular weight excluding hydrogens is 275 g/mol. The minimum Gasteiger partial charge on any atom is -0.464 e. The zero-order valence-corrected chi connectivity index (χ0v) is 9.26. The Morgan fingerprint density at radius 2 is 2.05 bits per heavy atom. The third-order valence-electron chi connectivity index (χ3n) is 2.07. The number of carbonyl (C=O) groups is 1. The van der Waals surface area contributed by atoms with Gasteiger partial charge in [0.1, 0.15) is 5.69 Å². The van der Waals surface area contributed by atoms with Crippen molar-refractivity contribution in [3.05, 3.63) is 28.6 Å². The number of hydrogen-bond donors (Lipinski definition) is 0. The summed E-state index contributed by atoms with van der Waals surface area (Å²) in [4.78, 5) is 14.0. The number of nitriles is 1. The van der Waals surface area contributed by atoms with Crippen LogP contribution in [0.15, 0.2) is 6.07 Å². The third-order valence-corrected chi connectivity index (χ3v) is 2.07. The van der Waals surface area contributed by atoms with Crippen molar-refractivity contribution in [3.63, 3.8) is 0 Å². The van der Waals surface area contributed by atoms with Gasteiger partial charge in [-0.05, 0) is 6.07 Å². The second-order valence-electron chi connectivity index (χ2n) is 3.22. The van der Waals surface area contributed by atoms with Crippen LogP contribution in [-0.2, 0) is 10.9 Å². The molecule has 0 saturated carbocycles. The SMILES string of the molecule is COC(=O)c1nc(C(F)(F)F)cc(C#N)c1C(F)F. The maximum atomic E-state index is 12.7. The van der Waals surface area contributed by atoms with Crippen LogP contribution in [0.5, 0.6) is 0 Å². The summed E-state index contributed by atoms with van der Waals surface area (Å²) in [7, 11) is 0.797. The number of ether oxygens (including phenoxy) is 1. The van der Waals surface area contributed by atoms with E-state index in [1.807, 2.05) is 0 Å². The summed E-state index contributed by atoms with van der Waals surface area (Å²) < 4.78 is 66.9. The van der Waals surface area contributed by atoms with Gasteiger partial charge in [0, 0.05) is 0 Å². The Balaban J connectivity index is 3.66. The predicted molar refractivity (Wildman–Crippen MR) is 50.3 cm³/mol. The number of aromatic nitrogens is 1. The van der Waals surface area contributed by atoms with Crippen LogP contribution in [0, 0.1) is 11.3 Å². The summed E-state index contributed by atoms with van der Waals surface area (Å²) in [5, 5.41) is 8.61. The first kappa shape index (κ1) is 14.8. The van der Waals surface area contributed by atoms with E-state index in [9.17, 15) is 26.7 Å². The molecule has 19 heavy (non-hydrogen) atoms. The van der Waals surface area contributed by atoms with E-state index in [0.717, 1.165) is 7.11 Å². The first-order valence-electron chi connectivity index (χ1n) is 4.61. The molecule has 1 aromatic rings. The van der Waals surface area contributed by atoms with E-state index in [-0.39, 0.29) is 6.07 Å². The van der Waals surface area contributed by atoms with Gasteiger partial charge in [0.15, 0.2) is 5.69 Å². The number of hydrogen-bond acceptors (Lipinski definition) is 4. The number of nitrogens with zero attached hydrogens (tertiary/aromatic N) is 2. The molecule has 9 heteroatoms. The molecule has 4 nitrogen and oxygen atoms in total. The van der Waals surface area contributed by atoms with Crippen LogP contribution >= 0.6 is 0 Å². The lowest BCUT2D eigenvalue weighted by atomic mass is 10.1. The quantitative estimate of drug-likeness (QED) is 0.617. The fraction of sp³-hybridized carbons (Fsp3) is 0.300. The van der Waals surface area contributed by atoms with E-state index in [0.29, 0.717) is 0 Å². The Kier molecular flexibility index (Phi) is 4.04. The monoisotopic (exact) mass is 280 g/mol. The van der Waals surface area contributed by atoms with E-state index >= 15 is 0 Å². The largest absolute Gasteiger partial charge is 0.464 e. The molecule has 0 aromatic carbocycles. The van der Waals surface area contributed by atoms with Crippen molar-refractivity contribution in [2.75, 3.05) is 7.11 Å².